The van der Waals surface area contributed by atoms with Gasteiger partial charge in [-0.05, 0) is 57.3 Å². The molecule has 2 N–H and O–H groups in total. The topological polar surface area (TPSA) is 29.3 Å². The van der Waals surface area contributed by atoms with Crippen molar-refractivity contribution in [2.45, 2.75) is 37.1 Å². The van der Waals surface area contributed by atoms with Crippen LogP contribution in [0.5, 0.6) is 0 Å². The second-order valence-corrected chi connectivity index (χ2v) is 6.35. The molecule has 1 aromatic rings. The van der Waals surface area contributed by atoms with Crippen molar-refractivity contribution in [3.8, 4) is 0 Å². The number of hydrogen-bond acceptors (Lipinski definition) is 2. The van der Waals surface area contributed by atoms with E-state index >= 15 is 0 Å². The number of piperidine rings is 1. The Bertz CT molecular complexity index is 395. The van der Waals surface area contributed by atoms with E-state index in [0.29, 0.717) is 5.92 Å². The maximum absolute atomic E-state index is 6.57. The molecule has 98 valence electrons. The molecule has 18 heavy (non-hydrogen) atoms. The Morgan fingerprint density at radius 3 is 2.56 bits per heavy atom. The van der Waals surface area contributed by atoms with Crippen molar-refractivity contribution in [3.05, 3.63) is 35.9 Å². The van der Waals surface area contributed by atoms with Gasteiger partial charge in [0.25, 0.3) is 0 Å². The van der Waals surface area contributed by atoms with E-state index in [0.717, 1.165) is 5.92 Å². The minimum atomic E-state index is 0.0991. The van der Waals surface area contributed by atoms with Gasteiger partial charge in [0.1, 0.15) is 0 Å². The lowest BCUT2D eigenvalue weighted by Crippen LogP contribution is -2.35. The van der Waals surface area contributed by atoms with Crippen LogP contribution in [0.2, 0.25) is 0 Å². The van der Waals surface area contributed by atoms with E-state index in [1.807, 2.05) is 0 Å². The van der Waals surface area contributed by atoms with Crippen molar-refractivity contribution in [2.24, 2.45) is 11.7 Å². The molecule has 1 saturated carbocycles. The molecule has 1 aliphatic heterocycles. The lowest BCUT2D eigenvalue weighted by atomic mass is 9.88. The quantitative estimate of drug-likeness (QED) is 0.885. The van der Waals surface area contributed by atoms with Gasteiger partial charge in [-0.2, -0.15) is 0 Å². The van der Waals surface area contributed by atoms with Crippen molar-refractivity contribution in [1.29, 1.82) is 0 Å². The molecule has 1 aliphatic carbocycles. The fourth-order valence-corrected chi connectivity index (χ4v) is 3.49. The first-order valence-electron chi connectivity index (χ1n) is 7.20. The largest absolute Gasteiger partial charge is 0.325 e. The molecule has 2 heteroatoms. The third-order valence-corrected chi connectivity index (χ3v) is 4.83. The van der Waals surface area contributed by atoms with Crippen molar-refractivity contribution >= 4 is 0 Å². The van der Waals surface area contributed by atoms with Crippen LogP contribution in [0.1, 0.15) is 37.2 Å². The van der Waals surface area contributed by atoms with Crippen molar-refractivity contribution < 1.29 is 0 Å². The van der Waals surface area contributed by atoms with Crippen LogP contribution in [0.15, 0.2) is 30.3 Å². The first kappa shape index (κ1) is 12.2. The summed E-state index contributed by atoms with van der Waals surface area (Å²) in [5, 5.41) is 0. The summed E-state index contributed by atoms with van der Waals surface area (Å²) in [4.78, 5) is 2.43. The maximum Gasteiger partial charge on any atom is 0.0233 e. The Morgan fingerprint density at radius 1 is 1.22 bits per heavy atom. The summed E-state index contributed by atoms with van der Waals surface area (Å²) in [6, 6.07) is 10.8. The van der Waals surface area contributed by atoms with Crippen LogP contribution in [0.25, 0.3) is 0 Å². The van der Waals surface area contributed by atoms with Crippen molar-refractivity contribution in [1.82, 2.24) is 4.90 Å². The Kier molecular flexibility index (Phi) is 3.16. The first-order valence-corrected chi connectivity index (χ1v) is 7.20. The van der Waals surface area contributed by atoms with Gasteiger partial charge >= 0.3 is 0 Å². The molecule has 2 atom stereocenters. The van der Waals surface area contributed by atoms with Crippen LogP contribution in [0.3, 0.4) is 0 Å². The SMILES string of the molecule is CN1CCC(C[C@@]2(N)C[C@@H]2c2ccccc2)CC1. The van der Waals surface area contributed by atoms with E-state index in [-0.39, 0.29) is 5.54 Å². The molecule has 0 unspecified atom stereocenters. The number of nitrogens with zero attached hydrogens (tertiary/aromatic N) is 1. The van der Waals surface area contributed by atoms with Gasteiger partial charge in [0.15, 0.2) is 0 Å². The van der Waals surface area contributed by atoms with Crippen LogP contribution >= 0.6 is 0 Å². The Balaban J connectivity index is 1.58. The molecule has 1 aromatic carbocycles. The molecule has 0 amide bonds. The molecule has 1 saturated heterocycles. The minimum absolute atomic E-state index is 0.0991. The molecule has 0 spiro atoms. The molecule has 3 rings (SSSR count). The average molecular weight is 244 g/mol. The molecule has 2 nitrogen and oxygen atoms in total. The van der Waals surface area contributed by atoms with Gasteiger partial charge in [0.05, 0.1) is 0 Å². The summed E-state index contributed by atoms with van der Waals surface area (Å²) in [5.41, 5.74) is 8.11. The summed E-state index contributed by atoms with van der Waals surface area (Å²) in [6.45, 7) is 2.49. The lowest BCUT2D eigenvalue weighted by Gasteiger charge is -2.30. The standard InChI is InChI=1S/C16H24N2/c1-18-9-7-13(8-10-18)11-16(17)12-15(16)14-5-3-2-4-6-14/h2-6,13,15H,7-12,17H2,1H3/t15-,16-/m1/s1. The van der Waals surface area contributed by atoms with Gasteiger partial charge in [-0.3, -0.25) is 0 Å². The zero-order valence-electron chi connectivity index (χ0n) is 11.3. The third-order valence-electron chi connectivity index (χ3n) is 4.83. The van der Waals surface area contributed by atoms with Gasteiger partial charge in [-0.1, -0.05) is 30.3 Å². The van der Waals surface area contributed by atoms with Gasteiger partial charge in [-0.15, -0.1) is 0 Å². The summed E-state index contributed by atoms with van der Waals surface area (Å²) in [6.07, 6.45) is 5.07. The lowest BCUT2D eigenvalue weighted by molar-refractivity contribution is 0.202. The number of nitrogens with two attached hydrogens (primary N) is 1. The molecule has 1 heterocycles. The van der Waals surface area contributed by atoms with E-state index in [2.05, 4.69) is 42.3 Å². The highest BCUT2D eigenvalue weighted by Crippen LogP contribution is 2.53. The summed E-state index contributed by atoms with van der Waals surface area (Å²) in [5.74, 6) is 1.46. The molecule has 2 fully saturated rings. The second-order valence-electron chi connectivity index (χ2n) is 6.35. The normalized spacial score (nSPS) is 33.6. The summed E-state index contributed by atoms with van der Waals surface area (Å²) < 4.78 is 0. The number of benzene rings is 1. The predicted octanol–water partition coefficient (Wildman–Crippen LogP) is 2.60. The molecule has 0 bridgehead atoms. The van der Waals surface area contributed by atoms with E-state index < -0.39 is 0 Å². The predicted molar refractivity (Wildman–Crippen MR) is 75.6 cm³/mol. The average Bonchev–Trinajstić information content (AvgIpc) is 3.05. The van der Waals surface area contributed by atoms with Crippen molar-refractivity contribution in [3.63, 3.8) is 0 Å². The monoisotopic (exact) mass is 244 g/mol. The van der Waals surface area contributed by atoms with Gasteiger partial charge < -0.3 is 10.6 Å². The second kappa shape index (κ2) is 4.67. The third kappa shape index (κ3) is 2.45. The number of rotatable bonds is 3. The van der Waals surface area contributed by atoms with Crippen LogP contribution in [-0.2, 0) is 0 Å². The first-order chi connectivity index (χ1) is 8.67. The van der Waals surface area contributed by atoms with E-state index in [4.69, 9.17) is 5.73 Å². The van der Waals surface area contributed by atoms with Crippen LogP contribution in [0.4, 0.5) is 0 Å². The highest BCUT2D eigenvalue weighted by molar-refractivity contribution is 5.32. The van der Waals surface area contributed by atoms with Crippen LogP contribution in [0, 0.1) is 5.92 Å². The highest BCUT2D eigenvalue weighted by atomic mass is 15.1. The van der Waals surface area contributed by atoms with Crippen LogP contribution in [-0.4, -0.2) is 30.6 Å². The van der Waals surface area contributed by atoms with E-state index in [9.17, 15) is 0 Å². The zero-order chi connectivity index (χ0) is 12.6. The molecular formula is C16H24N2. The minimum Gasteiger partial charge on any atom is -0.325 e. The Hall–Kier alpha value is -0.860. The maximum atomic E-state index is 6.57. The van der Waals surface area contributed by atoms with E-state index in [1.165, 1.54) is 44.3 Å². The van der Waals surface area contributed by atoms with Gasteiger partial charge in [-0.25, -0.2) is 0 Å². The van der Waals surface area contributed by atoms with E-state index in [1.54, 1.807) is 0 Å². The molecule has 0 aromatic heterocycles. The molecular weight excluding hydrogens is 220 g/mol. The highest BCUT2D eigenvalue weighted by Gasteiger charge is 2.52. The smallest absolute Gasteiger partial charge is 0.0233 e. The number of hydrogen-bond donors (Lipinski definition) is 1. The zero-order valence-corrected chi connectivity index (χ0v) is 11.3. The molecule has 0 radical (unpaired) electrons. The summed E-state index contributed by atoms with van der Waals surface area (Å²) >= 11 is 0. The Labute approximate surface area is 110 Å². The number of likely N-dealkylation sites (tertiary alicyclic amines) is 1. The fraction of sp³-hybridized carbons (Fsp3) is 0.625. The van der Waals surface area contributed by atoms with Crippen LogP contribution < -0.4 is 5.73 Å². The molecule has 2 aliphatic rings. The van der Waals surface area contributed by atoms with Crippen molar-refractivity contribution in [2.75, 3.05) is 20.1 Å². The van der Waals surface area contributed by atoms with Gasteiger partial charge in [0.2, 0.25) is 0 Å². The van der Waals surface area contributed by atoms with Gasteiger partial charge in [0, 0.05) is 11.5 Å². The summed E-state index contributed by atoms with van der Waals surface area (Å²) in [7, 11) is 2.22. The fourth-order valence-electron chi connectivity index (χ4n) is 3.49. The Morgan fingerprint density at radius 2 is 1.89 bits per heavy atom.